The van der Waals surface area contributed by atoms with Gasteiger partial charge in [0.1, 0.15) is 5.75 Å². The standard InChI is InChI=1S/C15H23NOS/c1-11-4-5-15(17-3)13(8-11)9-14(16-2)12-6-7-18-10-12/h4-5,8,12,14,16H,6-7,9-10H2,1-3H3. The summed E-state index contributed by atoms with van der Waals surface area (Å²) in [6.45, 7) is 2.14. The van der Waals surface area contributed by atoms with E-state index < -0.39 is 0 Å². The van der Waals surface area contributed by atoms with Gasteiger partial charge < -0.3 is 10.1 Å². The van der Waals surface area contributed by atoms with Crippen molar-refractivity contribution in [2.45, 2.75) is 25.8 Å². The molecule has 0 aliphatic carbocycles. The number of aryl methyl sites for hydroxylation is 1. The van der Waals surface area contributed by atoms with Gasteiger partial charge in [-0.2, -0.15) is 11.8 Å². The number of benzene rings is 1. The van der Waals surface area contributed by atoms with Crippen LogP contribution < -0.4 is 10.1 Å². The molecule has 3 heteroatoms. The monoisotopic (exact) mass is 265 g/mol. The van der Waals surface area contributed by atoms with Crippen LogP contribution in [0.1, 0.15) is 17.5 Å². The molecule has 0 spiro atoms. The van der Waals surface area contributed by atoms with Crippen LogP contribution in [0.15, 0.2) is 18.2 Å². The molecular formula is C15H23NOS. The van der Waals surface area contributed by atoms with E-state index in [-0.39, 0.29) is 0 Å². The molecule has 0 amide bonds. The van der Waals surface area contributed by atoms with Crippen molar-refractivity contribution < 1.29 is 4.74 Å². The van der Waals surface area contributed by atoms with Crippen LogP contribution in [0.4, 0.5) is 0 Å². The highest BCUT2D eigenvalue weighted by molar-refractivity contribution is 7.99. The number of rotatable bonds is 5. The number of nitrogens with one attached hydrogen (secondary N) is 1. The Labute approximate surface area is 114 Å². The highest BCUT2D eigenvalue weighted by atomic mass is 32.2. The van der Waals surface area contributed by atoms with Crippen LogP contribution in [0, 0.1) is 12.8 Å². The molecule has 2 atom stereocenters. The Morgan fingerprint density at radius 1 is 1.50 bits per heavy atom. The van der Waals surface area contributed by atoms with Gasteiger partial charge in [0.05, 0.1) is 7.11 Å². The van der Waals surface area contributed by atoms with Crippen molar-refractivity contribution in [2.75, 3.05) is 25.7 Å². The molecule has 1 aromatic rings. The maximum atomic E-state index is 5.48. The summed E-state index contributed by atoms with van der Waals surface area (Å²) in [7, 11) is 3.84. The summed E-state index contributed by atoms with van der Waals surface area (Å²) < 4.78 is 5.48. The van der Waals surface area contributed by atoms with E-state index in [4.69, 9.17) is 4.74 Å². The zero-order chi connectivity index (χ0) is 13.0. The zero-order valence-corrected chi connectivity index (χ0v) is 12.3. The first kappa shape index (κ1) is 13.8. The molecule has 100 valence electrons. The van der Waals surface area contributed by atoms with E-state index in [0.29, 0.717) is 6.04 Å². The number of likely N-dealkylation sites (N-methyl/N-ethyl adjacent to an activating group) is 1. The smallest absolute Gasteiger partial charge is 0.122 e. The van der Waals surface area contributed by atoms with E-state index in [1.54, 1.807) is 7.11 Å². The third-order valence-electron chi connectivity index (χ3n) is 3.78. The van der Waals surface area contributed by atoms with Gasteiger partial charge >= 0.3 is 0 Å². The summed E-state index contributed by atoms with van der Waals surface area (Å²) >= 11 is 2.08. The van der Waals surface area contributed by atoms with E-state index in [1.165, 1.54) is 29.1 Å². The van der Waals surface area contributed by atoms with Crippen molar-refractivity contribution in [1.29, 1.82) is 0 Å². The van der Waals surface area contributed by atoms with Gasteiger partial charge in [-0.05, 0) is 55.9 Å². The molecule has 1 aliphatic heterocycles. The van der Waals surface area contributed by atoms with Crippen molar-refractivity contribution in [2.24, 2.45) is 5.92 Å². The lowest BCUT2D eigenvalue weighted by molar-refractivity contribution is 0.382. The van der Waals surface area contributed by atoms with E-state index in [2.05, 4.69) is 49.2 Å². The number of methoxy groups -OCH3 is 1. The van der Waals surface area contributed by atoms with Gasteiger partial charge in [0.15, 0.2) is 0 Å². The Bertz CT molecular complexity index is 388. The minimum atomic E-state index is 0.565. The van der Waals surface area contributed by atoms with Crippen LogP contribution >= 0.6 is 11.8 Å². The largest absolute Gasteiger partial charge is 0.496 e. The SMILES string of the molecule is CNC(Cc1cc(C)ccc1OC)C1CCSC1. The lowest BCUT2D eigenvalue weighted by Crippen LogP contribution is -2.35. The summed E-state index contributed by atoms with van der Waals surface area (Å²) in [6, 6.07) is 7.02. The van der Waals surface area contributed by atoms with Crippen LogP contribution in [-0.4, -0.2) is 31.7 Å². The minimum Gasteiger partial charge on any atom is -0.496 e. The van der Waals surface area contributed by atoms with Gasteiger partial charge in [-0.3, -0.25) is 0 Å². The molecule has 1 fully saturated rings. The fourth-order valence-electron chi connectivity index (χ4n) is 2.68. The molecule has 18 heavy (non-hydrogen) atoms. The molecule has 1 aliphatic rings. The Morgan fingerprint density at radius 3 is 2.94 bits per heavy atom. The molecule has 0 bridgehead atoms. The van der Waals surface area contributed by atoms with E-state index in [0.717, 1.165) is 18.1 Å². The normalized spacial score (nSPS) is 20.9. The topological polar surface area (TPSA) is 21.3 Å². The summed E-state index contributed by atoms with van der Waals surface area (Å²) in [6.07, 6.45) is 2.40. The van der Waals surface area contributed by atoms with Gasteiger partial charge in [0.25, 0.3) is 0 Å². The van der Waals surface area contributed by atoms with Crippen LogP contribution in [0.25, 0.3) is 0 Å². The van der Waals surface area contributed by atoms with E-state index >= 15 is 0 Å². The lowest BCUT2D eigenvalue weighted by Gasteiger charge is -2.23. The van der Waals surface area contributed by atoms with Crippen molar-refractivity contribution in [3.05, 3.63) is 29.3 Å². The molecule has 1 aromatic carbocycles. The molecule has 1 N–H and O–H groups in total. The molecule has 2 nitrogen and oxygen atoms in total. The fourth-order valence-corrected chi connectivity index (χ4v) is 4.02. The molecule has 2 unspecified atom stereocenters. The van der Waals surface area contributed by atoms with Crippen molar-refractivity contribution in [3.63, 3.8) is 0 Å². The number of hydrogen-bond donors (Lipinski definition) is 1. The Morgan fingerprint density at radius 2 is 2.33 bits per heavy atom. The van der Waals surface area contributed by atoms with Crippen LogP contribution in [0.3, 0.4) is 0 Å². The zero-order valence-electron chi connectivity index (χ0n) is 11.5. The Kier molecular flexibility index (Phi) is 4.95. The molecule has 1 heterocycles. The Hall–Kier alpha value is -0.670. The second-order valence-electron chi connectivity index (χ2n) is 5.04. The van der Waals surface area contributed by atoms with Crippen molar-refractivity contribution in [1.82, 2.24) is 5.32 Å². The molecule has 1 saturated heterocycles. The quantitative estimate of drug-likeness (QED) is 0.884. The van der Waals surface area contributed by atoms with Crippen LogP contribution in [0.2, 0.25) is 0 Å². The van der Waals surface area contributed by atoms with Crippen LogP contribution in [-0.2, 0) is 6.42 Å². The number of ether oxygens (including phenoxy) is 1. The summed E-state index contributed by atoms with van der Waals surface area (Å²) in [4.78, 5) is 0. The first-order chi connectivity index (χ1) is 8.74. The predicted octanol–water partition coefficient (Wildman–Crippen LogP) is 2.89. The third kappa shape index (κ3) is 3.21. The van der Waals surface area contributed by atoms with Gasteiger partial charge in [-0.1, -0.05) is 17.7 Å². The fraction of sp³-hybridized carbons (Fsp3) is 0.600. The average Bonchev–Trinajstić information content (AvgIpc) is 2.90. The highest BCUT2D eigenvalue weighted by Crippen LogP contribution is 2.29. The van der Waals surface area contributed by atoms with Gasteiger partial charge in [0.2, 0.25) is 0 Å². The average molecular weight is 265 g/mol. The molecular weight excluding hydrogens is 242 g/mol. The van der Waals surface area contributed by atoms with E-state index in [9.17, 15) is 0 Å². The predicted molar refractivity (Wildman–Crippen MR) is 79.7 cm³/mol. The van der Waals surface area contributed by atoms with Crippen molar-refractivity contribution in [3.8, 4) is 5.75 Å². The first-order valence-electron chi connectivity index (χ1n) is 6.63. The Balaban J connectivity index is 2.12. The summed E-state index contributed by atoms with van der Waals surface area (Å²) in [5.41, 5.74) is 2.63. The molecule has 2 rings (SSSR count). The van der Waals surface area contributed by atoms with Crippen LogP contribution in [0.5, 0.6) is 5.75 Å². The minimum absolute atomic E-state index is 0.565. The second kappa shape index (κ2) is 6.48. The second-order valence-corrected chi connectivity index (χ2v) is 6.19. The van der Waals surface area contributed by atoms with E-state index in [1.807, 2.05) is 0 Å². The maximum absolute atomic E-state index is 5.48. The summed E-state index contributed by atoms with van der Waals surface area (Å²) in [5, 5.41) is 3.49. The van der Waals surface area contributed by atoms with Gasteiger partial charge in [-0.25, -0.2) is 0 Å². The van der Waals surface area contributed by atoms with Crippen molar-refractivity contribution >= 4 is 11.8 Å². The number of hydrogen-bond acceptors (Lipinski definition) is 3. The molecule has 0 saturated carbocycles. The number of thioether (sulfide) groups is 1. The summed E-state index contributed by atoms with van der Waals surface area (Å²) in [5.74, 6) is 4.42. The first-order valence-corrected chi connectivity index (χ1v) is 7.78. The van der Waals surface area contributed by atoms with Gasteiger partial charge in [-0.15, -0.1) is 0 Å². The maximum Gasteiger partial charge on any atom is 0.122 e. The molecule has 0 aromatic heterocycles. The van der Waals surface area contributed by atoms with Gasteiger partial charge in [0, 0.05) is 6.04 Å². The third-order valence-corrected chi connectivity index (χ3v) is 4.97. The lowest BCUT2D eigenvalue weighted by atomic mass is 9.92. The highest BCUT2D eigenvalue weighted by Gasteiger charge is 2.25. The molecule has 0 radical (unpaired) electrons.